The second-order valence-electron chi connectivity index (χ2n) is 6.38. The van der Waals surface area contributed by atoms with Gasteiger partial charge in [-0.05, 0) is 39.0 Å². The summed E-state index contributed by atoms with van der Waals surface area (Å²) in [5.74, 6) is 2.29. The zero-order valence-electron chi connectivity index (χ0n) is 11.1. The maximum atomic E-state index is 3.91. The number of hydrogen-bond donors (Lipinski definition) is 1. The predicted octanol–water partition coefficient (Wildman–Crippen LogP) is 4.18. The third kappa shape index (κ3) is 2.95. The van der Waals surface area contributed by atoms with Crippen molar-refractivity contribution in [1.82, 2.24) is 5.32 Å². The molecule has 2 aliphatic rings. The Bertz CT molecular complexity index is 239. The summed E-state index contributed by atoms with van der Waals surface area (Å²) in [6, 6.07) is 0. The first-order chi connectivity index (χ1) is 7.55. The molecule has 1 spiro atoms. The van der Waals surface area contributed by atoms with E-state index in [1.54, 1.807) is 0 Å². The number of nitrogens with one attached hydrogen (secondary N) is 1. The van der Waals surface area contributed by atoms with Crippen LogP contribution in [0.1, 0.15) is 65.7 Å². The zero-order chi connectivity index (χ0) is 11.6. The van der Waals surface area contributed by atoms with Gasteiger partial charge in [0.05, 0.1) is 4.87 Å². The molecule has 1 saturated heterocycles. The lowest BCUT2D eigenvalue weighted by Crippen LogP contribution is -2.46. The Hall–Kier alpha value is 0.310. The summed E-state index contributed by atoms with van der Waals surface area (Å²) >= 11 is 2.19. The molecule has 2 rings (SSSR count). The molecule has 16 heavy (non-hydrogen) atoms. The average Bonchev–Trinajstić information content (AvgIpc) is 2.40. The standard InChI is InChI=1S/C14H27NS/c1-4-6-12-7-5-9-14(10-8-12)15-13(2,3)11-16-14/h12,15H,4-11H2,1-3H3. The first kappa shape index (κ1) is 12.8. The van der Waals surface area contributed by atoms with Gasteiger partial charge in [-0.15, -0.1) is 11.8 Å². The molecule has 94 valence electrons. The SMILES string of the molecule is CCCC1CCCC2(CC1)NC(C)(C)CS2. The van der Waals surface area contributed by atoms with E-state index in [-0.39, 0.29) is 0 Å². The van der Waals surface area contributed by atoms with E-state index in [2.05, 4.69) is 37.8 Å². The molecule has 1 saturated carbocycles. The van der Waals surface area contributed by atoms with Crippen molar-refractivity contribution in [2.24, 2.45) is 5.92 Å². The minimum absolute atomic E-state index is 0.356. The van der Waals surface area contributed by atoms with Gasteiger partial charge in [0.25, 0.3) is 0 Å². The number of thioether (sulfide) groups is 1. The van der Waals surface area contributed by atoms with E-state index in [1.807, 2.05) is 0 Å². The molecule has 0 aromatic rings. The van der Waals surface area contributed by atoms with Gasteiger partial charge in [-0.2, -0.15) is 0 Å². The van der Waals surface area contributed by atoms with Gasteiger partial charge in [0, 0.05) is 11.3 Å². The molecule has 0 radical (unpaired) electrons. The normalized spacial score (nSPS) is 38.8. The Balaban J connectivity index is 1.93. The lowest BCUT2D eigenvalue weighted by molar-refractivity contribution is 0.331. The van der Waals surface area contributed by atoms with E-state index >= 15 is 0 Å². The summed E-state index contributed by atoms with van der Waals surface area (Å²) < 4.78 is 0. The maximum absolute atomic E-state index is 3.91. The molecule has 1 nitrogen and oxygen atoms in total. The van der Waals surface area contributed by atoms with Crippen LogP contribution in [0, 0.1) is 5.92 Å². The maximum Gasteiger partial charge on any atom is 0.0650 e. The fourth-order valence-corrected chi connectivity index (χ4v) is 4.97. The van der Waals surface area contributed by atoms with Gasteiger partial charge in [0.15, 0.2) is 0 Å². The van der Waals surface area contributed by atoms with Crippen LogP contribution >= 0.6 is 11.8 Å². The molecule has 1 N–H and O–H groups in total. The summed E-state index contributed by atoms with van der Waals surface area (Å²) in [6.45, 7) is 7.03. The van der Waals surface area contributed by atoms with E-state index in [9.17, 15) is 0 Å². The van der Waals surface area contributed by atoms with Crippen molar-refractivity contribution in [3.63, 3.8) is 0 Å². The van der Waals surface area contributed by atoms with Crippen molar-refractivity contribution in [2.75, 3.05) is 5.75 Å². The van der Waals surface area contributed by atoms with Gasteiger partial charge in [0.2, 0.25) is 0 Å². The Kier molecular flexibility index (Phi) is 3.90. The molecule has 1 aliphatic heterocycles. The third-order valence-electron chi connectivity index (χ3n) is 4.12. The second-order valence-corrected chi connectivity index (χ2v) is 7.74. The zero-order valence-corrected chi connectivity index (χ0v) is 12.0. The molecule has 0 bridgehead atoms. The average molecular weight is 241 g/mol. The van der Waals surface area contributed by atoms with Crippen molar-refractivity contribution in [3.8, 4) is 0 Å². The molecule has 0 amide bonds. The van der Waals surface area contributed by atoms with Crippen LogP contribution < -0.4 is 5.32 Å². The Morgan fingerprint density at radius 2 is 2.06 bits per heavy atom. The molecule has 0 aromatic heterocycles. The molecule has 1 aliphatic carbocycles. The monoisotopic (exact) mass is 241 g/mol. The quantitative estimate of drug-likeness (QED) is 0.778. The highest BCUT2D eigenvalue weighted by Gasteiger charge is 2.43. The van der Waals surface area contributed by atoms with Crippen molar-refractivity contribution in [1.29, 1.82) is 0 Å². The van der Waals surface area contributed by atoms with E-state index in [0.29, 0.717) is 10.4 Å². The van der Waals surface area contributed by atoms with E-state index < -0.39 is 0 Å². The van der Waals surface area contributed by atoms with Gasteiger partial charge in [-0.1, -0.05) is 32.6 Å². The summed E-state index contributed by atoms with van der Waals surface area (Å²) in [5, 5.41) is 3.91. The topological polar surface area (TPSA) is 12.0 Å². The lowest BCUT2D eigenvalue weighted by atomic mass is 9.95. The van der Waals surface area contributed by atoms with Crippen molar-refractivity contribution in [3.05, 3.63) is 0 Å². The molecule has 2 atom stereocenters. The van der Waals surface area contributed by atoms with E-state index in [1.165, 1.54) is 50.7 Å². The third-order valence-corrected chi connectivity index (χ3v) is 6.05. The van der Waals surface area contributed by atoms with Gasteiger partial charge < -0.3 is 0 Å². The smallest absolute Gasteiger partial charge is 0.0650 e. The van der Waals surface area contributed by atoms with Gasteiger partial charge in [-0.3, -0.25) is 5.32 Å². The molecular weight excluding hydrogens is 214 g/mol. The van der Waals surface area contributed by atoms with Crippen LogP contribution in [0.3, 0.4) is 0 Å². The minimum Gasteiger partial charge on any atom is -0.297 e. The van der Waals surface area contributed by atoms with Crippen LogP contribution in [-0.4, -0.2) is 16.2 Å². The van der Waals surface area contributed by atoms with Crippen LogP contribution in [0.15, 0.2) is 0 Å². The predicted molar refractivity (Wildman–Crippen MR) is 73.9 cm³/mol. The van der Waals surface area contributed by atoms with Gasteiger partial charge >= 0.3 is 0 Å². The highest BCUT2D eigenvalue weighted by Crippen LogP contribution is 2.45. The first-order valence-corrected chi connectivity index (χ1v) is 7.97. The molecule has 2 unspecified atom stereocenters. The van der Waals surface area contributed by atoms with Crippen LogP contribution in [-0.2, 0) is 0 Å². The largest absolute Gasteiger partial charge is 0.297 e. The van der Waals surface area contributed by atoms with E-state index in [4.69, 9.17) is 0 Å². The summed E-state index contributed by atoms with van der Waals surface area (Å²) in [7, 11) is 0. The van der Waals surface area contributed by atoms with Crippen molar-refractivity contribution < 1.29 is 0 Å². The molecular formula is C14H27NS. The lowest BCUT2D eigenvalue weighted by Gasteiger charge is -2.30. The Morgan fingerprint density at radius 1 is 1.25 bits per heavy atom. The second kappa shape index (κ2) is 4.89. The van der Waals surface area contributed by atoms with Crippen LogP contribution in [0.2, 0.25) is 0 Å². The highest BCUT2D eigenvalue weighted by atomic mass is 32.2. The van der Waals surface area contributed by atoms with Gasteiger partial charge in [-0.25, -0.2) is 0 Å². The Morgan fingerprint density at radius 3 is 2.69 bits per heavy atom. The summed E-state index contributed by atoms with van der Waals surface area (Å²) in [4.78, 5) is 0.436. The minimum atomic E-state index is 0.356. The molecule has 1 heterocycles. The van der Waals surface area contributed by atoms with Crippen molar-refractivity contribution in [2.45, 2.75) is 76.1 Å². The molecule has 0 aromatic carbocycles. The van der Waals surface area contributed by atoms with Crippen molar-refractivity contribution >= 4 is 11.8 Å². The van der Waals surface area contributed by atoms with E-state index in [0.717, 1.165) is 5.92 Å². The molecule has 2 heteroatoms. The number of rotatable bonds is 2. The summed E-state index contributed by atoms with van der Waals surface area (Å²) in [5.41, 5.74) is 0.356. The Labute approximate surface area is 105 Å². The summed E-state index contributed by atoms with van der Waals surface area (Å²) in [6.07, 6.45) is 9.95. The van der Waals surface area contributed by atoms with Gasteiger partial charge in [0.1, 0.15) is 0 Å². The van der Waals surface area contributed by atoms with Crippen LogP contribution in [0.5, 0.6) is 0 Å². The van der Waals surface area contributed by atoms with Crippen LogP contribution in [0.4, 0.5) is 0 Å². The fraction of sp³-hybridized carbons (Fsp3) is 1.00. The highest BCUT2D eigenvalue weighted by molar-refractivity contribution is 8.00. The fourth-order valence-electron chi connectivity index (χ4n) is 3.36. The molecule has 2 fully saturated rings. The number of hydrogen-bond acceptors (Lipinski definition) is 2. The van der Waals surface area contributed by atoms with Crippen LogP contribution in [0.25, 0.3) is 0 Å². The first-order valence-electron chi connectivity index (χ1n) is 6.99.